The average molecular weight is 323 g/mol. The average Bonchev–Trinajstić information content (AvgIpc) is 2.97. The van der Waals surface area contributed by atoms with Gasteiger partial charge in [0.15, 0.2) is 0 Å². The molecule has 5 heteroatoms. The minimum absolute atomic E-state index is 0.192. The van der Waals surface area contributed by atoms with E-state index in [4.69, 9.17) is 5.73 Å². The van der Waals surface area contributed by atoms with Crippen molar-refractivity contribution in [1.29, 1.82) is 0 Å². The molecule has 1 atom stereocenters. The van der Waals surface area contributed by atoms with Gasteiger partial charge in [0.05, 0.1) is 16.3 Å². The molecule has 0 aliphatic heterocycles. The number of thiazole rings is 1. The largest absolute Gasteiger partial charge is 0.325 e. The number of fused-ring (bicyclic) bond motifs is 1. The quantitative estimate of drug-likeness (QED) is 0.768. The fraction of sp³-hybridized carbons (Fsp3) is 0.111. The van der Waals surface area contributed by atoms with Gasteiger partial charge < -0.3 is 11.1 Å². The van der Waals surface area contributed by atoms with Crippen molar-refractivity contribution in [2.45, 2.75) is 13.0 Å². The predicted octanol–water partition coefficient (Wildman–Crippen LogP) is 3.75. The Morgan fingerprint density at radius 2 is 1.91 bits per heavy atom. The van der Waals surface area contributed by atoms with Crippen molar-refractivity contribution in [3.63, 3.8) is 0 Å². The summed E-state index contributed by atoms with van der Waals surface area (Å²) in [5.74, 6) is -0.192. The summed E-state index contributed by atoms with van der Waals surface area (Å²) in [6.07, 6.45) is 4.01. The highest BCUT2D eigenvalue weighted by Gasteiger charge is 2.06. The molecule has 1 aromatic heterocycles. The molecule has 4 nitrogen and oxygen atoms in total. The Bertz CT molecular complexity index is 817. The number of para-hydroxylation sites is 1. The van der Waals surface area contributed by atoms with E-state index >= 15 is 0 Å². The summed E-state index contributed by atoms with van der Waals surface area (Å²) >= 11 is 1.66. The molecule has 0 unspecified atom stereocenters. The number of nitrogens with zero attached hydrogens (tertiary/aromatic N) is 1. The van der Waals surface area contributed by atoms with Crippen LogP contribution in [0.2, 0.25) is 0 Å². The van der Waals surface area contributed by atoms with E-state index in [-0.39, 0.29) is 5.91 Å². The molecule has 0 fully saturated rings. The molecule has 0 aliphatic rings. The first kappa shape index (κ1) is 15.4. The number of benzene rings is 2. The predicted molar refractivity (Wildman–Crippen MR) is 97.3 cm³/mol. The fourth-order valence-electron chi connectivity index (χ4n) is 2.06. The second-order valence-electron chi connectivity index (χ2n) is 5.25. The van der Waals surface area contributed by atoms with Gasteiger partial charge in [-0.3, -0.25) is 4.79 Å². The van der Waals surface area contributed by atoms with Crippen molar-refractivity contribution in [3.8, 4) is 0 Å². The molecule has 1 amide bonds. The molecule has 0 bridgehead atoms. The van der Waals surface area contributed by atoms with Crippen molar-refractivity contribution in [2.24, 2.45) is 5.73 Å². The van der Waals surface area contributed by atoms with E-state index in [1.54, 1.807) is 18.3 Å². The Balaban J connectivity index is 1.71. The van der Waals surface area contributed by atoms with E-state index in [0.29, 0.717) is 0 Å². The van der Waals surface area contributed by atoms with Crippen molar-refractivity contribution in [1.82, 2.24) is 4.98 Å². The van der Waals surface area contributed by atoms with Crippen LogP contribution < -0.4 is 11.1 Å². The zero-order chi connectivity index (χ0) is 16.2. The first-order valence-electron chi connectivity index (χ1n) is 7.32. The van der Waals surface area contributed by atoms with Crippen LogP contribution in [-0.2, 0) is 4.79 Å². The molecule has 1 heterocycles. The monoisotopic (exact) mass is 323 g/mol. The van der Waals surface area contributed by atoms with Crippen LogP contribution in [0.5, 0.6) is 0 Å². The third-order valence-corrected chi connectivity index (χ3v) is 4.32. The first-order valence-corrected chi connectivity index (χ1v) is 8.13. The van der Waals surface area contributed by atoms with E-state index in [2.05, 4.69) is 16.4 Å². The lowest BCUT2D eigenvalue weighted by Crippen LogP contribution is -2.32. The van der Waals surface area contributed by atoms with Crippen molar-refractivity contribution < 1.29 is 4.79 Å². The van der Waals surface area contributed by atoms with E-state index in [1.807, 2.05) is 54.6 Å². The summed E-state index contributed by atoms with van der Waals surface area (Å²) < 4.78 is 1.18. The Morgan fingerprint density at radius 3 is 2.61 bits per heavy atom. The van der Waals surface area contributed by atoms with Crippen LogP contribution in [0, 0.1) is 0 Å². The number of carbonyl (C=O) groups excluding carboxylic acids is 1. The second-order valence-corrected chi connectivity index (χ2v) is 6.32. The summed E-state index contributed by atoms with van der Waals surface area (Å²) in [5.41, 5.74) is 8.33. The van der Waals surface area contributed by atoms with Crippen LogP contribution in [0.4, 0.5) is 5.69 Å². The maximum Gasteiger partial charge on any atom is 0.240 e. The van der Waals surface area contributed by atoms with E-state index in [1.165, 1.54) is 4.70 Å². The van der Waals surface area contributed by atoms with Gasteiger partial charge in [-0.1, -0.05) is 30.3 Å². The standard InChI is InChI=1S/C18H17N3OS/c1-12(19)18(22)20-14-9-6-13(7-10-14)8-11-17-21-15-4-2-3-5-16(15)23-17/h2-12H,19H2,1H3,(H,20,22)/t12-/m0/s1. The number of hydrogen-bond donors (Lipinski definition) is 2. The Hall–Kier alpha value is -2.50. The van der Waals surface area contributed by atoms with Gasteiger partial charge in [0, 0.05) is 5.69 Å². The number of amides is 1. The molecule has 3 N–H and O–H groups in total. The van der Waals surface area contributed by atoms with Crippen LogP contribution >= 0.6 is 11.3 Å². The molecular formula is C18H17N3OS. The third-order valence-electron chi connectivity index (χ3n) is 3.32. The molecule has 23 heavy (non-hydrogen) atoms. The third kappa shape index (κ3) is 3.83. The van der Waals surface area contributed by atoms with Crippen LogP contribution in [-0.4, -0.2) is 16.9 Å². The first-order chi connectivity index (χ1) is 11.1. The fourth-order valence-corrected chi connectivity index (χ4v) is 2.93. The molecule has 3 rings (SSSR count). The lowest BCUT2D eigenvalue weighted by molar-refractivity contribution is -0.117. The summed E-state index contributed by atoms with van der Waals surface area (Å²) in [6, 6.07) is 15.2. The van der Waals surface area contributed by atoms with Crippen molar-refractivity contribution in [2.75, 3.05) is 5.32 Å². The Kier molecular flexibility index (Phi) is 4.50. The van der Waals surface area contributed by atoms with Gasteiger partial charge in [0.1, 0.15) is 5.01 Å². The van der Waals surface area contributed by atoms with E-state index in [9.17, 15) is 4.79 Å². The van der Waals surface area contributed by atoms with E-state index in [0.717, 1.165) is 21.8 Å². The number of carbonyl (C=O) groups is 1. The highest BCUT2D eigenvalue weighted by molar-refractivity contribution is 7.19. The number of anilines is 1. The molecule has 116 valence electrons. The number of nitrogens with two attached hydrogens (primary N) is 1. The van der Waals surface area contributed by atoms with Crippen LogP contribution in [0.1, 0.15) is 17.5 Å². The summed E-state index contributed by atoms with van der Waals surface area (Å²) in [6.45, 7) is 1.66. The van der Waals surface area contributed by atoms with Crippen LogP contribution in [0.25, 0.3) is 22.4 Å². The van der Waals surface area contributed by atoms with Gasteiger partial charge in [-0.25, -0.2) is 4.98 Å². The maximum absolute atomic E-state index is 11.5. The van der Waals surface area contributed by atoms with Gasteiger partial charge in [0.2, 0.25) is 5.91 Å². The Morgan fingerprint density at radius 1 is 1.17 bits per heavy atom. The maximum atomic E-state index is 11.5. The molecule has 3 aromatic rings. The molecule has 0 spiro atoms. The van der Waals surface area contributed by atoms with Crippen LogP contribution in [0.15, 0.2) is 48.5 Å². The van der Waals surface area contributed by atoms with Gasteiger partial charge >= 0.3 is 0 Å². The van der Waals surface area contributed by atoms with Gasteiger partial charge in [-0.15, -0.1) is 11.3 Å². The zero-order valence-corrected chi connectivity index (χ0v) is 13.5. The van der Waals surface area contributed by atoms with E-state index < -0.39 is 6.04 Å². The molecule has 0 saturated carbocycles. The topological polar surface area (TPSA) is 68.0 Å². The molecule has 0 saturated heterocycles. The molecule has 2 aromatic carbocycles. The van der Waals surface area contributed by atoms with Gasteiger partial charge in [0.25, 0.3) is 0 Å². The molecule has 0 aliphatic carbocycles. The van der Waals surface area contributed by atoms with Crippen molar-refractivity contribution in [3.05, 3.63) is 59.1 Å². The molecular weight excluding hydrogens is 306 g/mol. The number of nitrogens with one attached hydrogen (secondary N) is 1. The van der Waals surface area contributed by atoms with Gasteiger partial charge in [-0.05, 0) is 42.8 Å². The number of hydrogen-bond acceptors (Lipinski definition) is 4. The van der Waals surface area contributed by atoms with Crippen molar-refractivity contribution >= 4 is 45.3 Å². The summed E-state index contributed by atoms with van der Waals surface area (Å²) in [5, 5.41) is 3.73. The Labute approximate surface area is 138 Å². The molecule has 0 radical (unpaired) electrons. The lowest BCUT2D eigenvalue weighted by atomic mass is 10.2. The van der Waals surface area contributed by atoms with Gasteiger partial charge in [-0.2, -0.15) is 0 Å². The summed E-state index contributed by atoms with van der Waals surface area (Å²) in [4.78, 5) is 16.1. The normalized spacial score (nSPS) is 12.6. The summed E-state index contributed by atoms with van der Waals surface area (Å²) in [7, 11) is 0. The minimum Gasteiger partial charge on any atom is -0.325 e. The van der Waals surface area contributed by atoms with Crippen LogP contribution in [0.3, 0.4) is 0 Å². The number of rotatable bonds is 4. The second kappa shape index (κ2) is 6.73. The highest BCUT2D eigenvalue weighted by Crippen LogP contribution is 2.23. The SMILES string of the molecule is C[C@H](N)C(=O)Nc1ccc(C=Cc2nc3ccccc3s2)cc1. The number of aromatic nitrogens is 1. The minimum atomic E-state index is -0.520. The zero-order valence-electron chi connectivity index (χ0n) is 12.7. The highest BCUT2D eigenvalue weighted by atomic mass is 32.1. The smallest absolute Gasteiger partial charge is 0.240 e. The lowest BCUT2D eigenvalue weighted by Gasteiger charge is -2.07.